The summed E-state index contributed by atoms with van der Waals surface area (Å²) in [7, 11) is -3.31. The molecule has 39 heavy (non-hydrogen) atoms. The number of hydrogen-bond donors (Lipinski definition) is 2. The Balaban J connectivity index is 1.61. The first-order valence-corrected chi connectivity index (χ1v) is 15.3. The van der Waals surface area contributed by atoms with Gasteiger partial charge in [0.1, 0.15) is 15.4 Å². The number of sulfone groups is 1. The Kier molecular flexibility index (Phi) is 10.1. The molecule has 1 aromatic heterocycles. The zero-order chi connectivity index (χ0) is 27.8. The van der Waals surface area contributed by atoms with Crippen molar-refractivity contribution in [3.63, 3.8) is 0 Å². The van der Waals surface area contributed by atoms with Gasteiger partial charge in [-0.3, -0.25) is 14.5 Å². The van der Waals surface area contributed by atoms with Gasteiger partial charge in [-0.1, -0.05) is 29.8 Å². The lowest BCUT2D eigenvalue weighted by Gasteiger charge is -2.26. The van der Waals surface area contributed by atoms with Gasteiger partial charge in [-0.05, 0) is 48.2 Å². The molecular formula is C28H34ClN3O6S. The van der Waals surface area contributed by atoms with Crippen LogP contribution in [0.4, 0.5) is 0 Å². The van der Waals surface area contributed by atoms with Crippen LogP contribution in [-0.4, -0.2) is 73.3 Å². The number of aryl methyl sites for hydroxylation is 1. The van der Waals surface area contributed by atoms with Gasteiger partial charge in [0.25, 0.3) is 5.91 Å². The van der Waals surface area contributed by atoms with E-state index in [-0.39, 0.29) is 42.1 Å². The van der Waals surface area contributed by atoms with Gasteiger partial charge in [-0.2, -0.15) is 0 Å². The minimum Gasteiger partial charge on any atom is -0.396 e. The predicted octanol–water partition coefficient (Wildman–Crippen LogP) is 2.60. The van der Waals surface area contributed by atoms with E-state index in [1.165, 1.54) is 6.20 Å². The molecule has 3 aromatic rings. The highest BCUT2D eigenvalue weighted by Crippen LogP contribution is 2.18. The second kappa shape index (κ2) is 13.5. The number of amides is 1. The SMILES string of the molecule is O=C(NCc1ccc(Cl)cc1)c1cn(CCCS(=O)(=O)CCCO)c2ccc(CN3CCOCC3)cc2c1=O. The molecule has 1 saturated heterocycles. The molecule has 9 nitrogen and oxygen atoms in total. The summed E-state index contributed by atoms with van der Waals surface area (Å²) in [6.07, 6.45) is 2.03. The molecule has 2 N–H and O–H groups in total. The van der Waals surface area contributed by atoms with Crippen molar-refractivity contribution < 1.29 is 23.1 Å². The summed E-state index contributed by atoms with van der Waals surface area (Å²) < 4.78 is 31.8. The highest BCUT2D eigenvalue weighted by molar-refractivity contribution is 7.91. The van der Waals surface area contributed by atoms with E-state index in [2.05, 4.69) is 10.2 Å². The number of aromatic nitrogens is 1. The molecule has 4 rings (SSSR count). The van der Waals surface area contributed by atoms with Crippen LogP contribution in [0, 0.1) is 0 Å². The summed E-state index contributed by atoms with van der Waals surface area (Å²) in [5, 5.41) is 12.8. The van der Waals surface area contributed by atoms with E-state index >= 15 is 0 Å². The van der Waals surface area contributed by atoms with E-state index in [9.17, 15) is 18.0 Å². The molecule has 0 saturated carbocycles. The molecule has 11 heteroatoms. The van der Waals surface area contributed by atoms with E-state index in [0.717, 1.165) is 24.2 Å². The van der Waals surface area contributed by atoms with Crippen LogP contribution in [0.2, 0.25) is 5.02 Å². The van der Waals surface area contributed by atoms with Crippen molar-refractivity contribution in [2.24, 2.45) is 0 Å². The molecule has 1 aliphatic heterocycles. The largest absolute Gasteiger partial charge is 0.396 e. The highest BCUT2D eigenvalue weighted by Gasteiger charge is 2.18. The van der Waals surface area contributed by atoms with E-state index < -0.39 is 15.7 Å². The van der Waals surface area contributed by atoms with E-state index in [4.69, 9.17) is 21.4 Å². The van der Waals surface area contributed by atoms with E-state index in [1.54, 1.807) is 28.8 Å². The molecule has 2 aromatic carbocycles. The van der Waals surface area contributed by atoms with Gasteiger partial charge in [-0.25, -0.2) is 8.42 Å². The number of aliphatic hydroxyl groups is 1. The van der Waals surface area contributed by atoms with Crippen molar-refractivity contribution in [3.8, 4) is 0 Å². The van der Waals surface area contributed by atoms with E-state index in [0.29, 0.717) is 48.6 Å². The van der Waals surface area contributed by atoms with E-state index in [1.807, 2.05) is 18.2 Å². The lowest BCUT2D eigenvalue weighted by Crippen LogP contribution is -2.35. The average molecular weight is 576 g/mol. The molecular weight excluding hydrogens is 542 g/mol. The van der Waals surface area contributed by atoms with Crippen LogP contribution in [0.3, 0.4) is 0 Å². The number of hydrogen-bond acceptors (Lipinski definition) is 7. The molecule has 1 aliphatic rings. The van der Waals surface area contributed by atoms with Crippen LogP contribution in [-0.2, 0) is 34.2 Å². The fourth-order valence-corrected chi connectivity index (χ4v) is 6.10. The lowest BCUT2D eigenvalue weighted by atomic mass is 10.1. The van der Waals surface area contributed by atoms with Crippen molar-refractivity contribution in [2.75, 3.05) is 44.4 Å². The summed E-state index contributed by atoms with van der Waals surface area (Å²) >= 11 is 5.94. The monoisotopic (exact) mass is 575 g/mol. The van der Waals surface area contributed by atoms with Crippen molar-refractivity contribution >= 4 is 38.2 Å². The first kappa shape index (κ1) is 29.2. The smallest absolute Gasteiger partial charge is 0.257 e. The number of carbonyl (C=O) groups excluding carboxylic acids is 1. The third kappa shape index (κ3) is 8.12. The number of fused-ring (bicyclic) bond motifs is 1. The summed E-state index contributed by atoms with van der Waals surface area (Å²) in [6.45, 7) is 3.97. The maximum Gasteiger partial charge on any atom is 0.257 e. The molecule has 0 unspecified atom stereocenters. The Morgan fingerprint density at radius 3 is 2.44 bits per heavy atom. The van der Waals surface area contributed by atoms with Crippen LogP contribution in [0.1, 0.15) is 34.3 Å². The second-order valence-corrected chi connectivity index (χ2v) is 12.4. The van der Waals surface area contributed by atoms with Crippen LogP contribution >= 0.6 is 11.6 Å². The third-order valence-electron chi connectivity index (χ3n) is 6.73. The number of nitrogens with zero attached hydrogens (tertiary/aromatic N) is 2. The standard InChI is InChI=1S/C28H34ClN3O6S/c29-23-6-3-21(4-7-23)18-30-28(35)25-20-32(9-1-15-39(36,37)16-2-12-33)26-8-5-22(17-24(26)27(25)34)19-31-10-13-38-14-11-31/h3-8,17,20,33H,1-2,9-16,18-19H2,(H,30,35). The van der Waals surface area contributed by atoms with Gasteiger partial charge in [0.2, 0.25) is 5.43 Å². The van der Waals surface area contributed by atoms with Crippen molar-refractivity contribution in [2.45, 2.75) is 32.5 Å². The van der Waals surface area contributed by atoms with Gasteiger partial charge in [0.05, 0.1) is 30.2 Å². The molecule has 2 heterocycles. The Labute approximate surface area is 233 Å². The van der Waals surface area contributed by atoms with Gasteiger partial charge in [-0.15, -0.1) is 0 Å². The first-order valence-electron chi connectivity index (χ1n) is 13.1. The summed E-state index contributed by atoms with van der Waals surface area (Å²) in [5.74, 6) is -0.620. The zero-order valence-corrected chi connectivity index (χ0v) is 23.3. The Hall–Kier alpha value is -2.76. The van der Waals surface area contributed by atoms with Crippen LogP contribution in [0.25, 0.3) is 10.9 Å². The van der Waals surface area contributed by atoms with Gasteiger partial charge in [0, 0.05) is 55.9 Å². The molecule has 210 valence electrons. The Morgan fingerprint density at radius 1 is 1.03 bits per heavy atom. The normalized spacial score (nSPS) is 14.5. The number of carbonyl (C=O) groups is 1. The van der Waals surface area contributed by atoms with Crippen LogP contribution in [0.5, 0.6) is 0 Å². The maximum absolute atomic E-state index is 13.5. The van der Waals surface area contributed by atoms with Crippen LogP contribution < -0.4 is 10.7 Å². The number of pyridine rings is 1. The molecule has 0 aliphatic carbocycles. The Bertz CT molecular complexity index is 1450. The topological polar surface area (TPSA) is 118 Å². The first-order chi connectivity index (χ1) is 18.8. The number of rotatable bonds is 12. The highest BCUT2D eigenvalue weighted by atomic mass is 35.5. The van der Waals surface area contributed by atoms with Crippen molar-refractivity contribution in [3.05, 3.63) is 80.6 Å². The number of ether oxygens (including phenoxy) is 1. The number of aliphatic hydroxyl groups excluding tert-OH is 1. The van der Waals surface area contributed by atoms with Gasteiger partial charge < -0.3 is 19.7 Å². The lowest BCUT2D eigenvalue weighted by molar-refractivity contribution is 0.0342. The number of benzene rings is 2. The average Bonchev–Trinajstić information content (AvgIpc) is 2.93. The summed E-state index contributed by atoms with van der Waals surface area (Å²) in [6, 6.07) is 12.7. The number of morpholine rings is 1. The fraction of sp³-hybridized carbons (Fsp3) is 0.429. The predicted molar refractivity (Wildman–Crippen MR) is 152 cm³/mol. The fourth-order valence-electron chi connectivity index (χ4n) is 4.63. The van der Waals surface area contributed by atoms with Crippen molar-refractivity contribution in [1.29, 1.82) is 0 Å². The molecule has 1 amide bonds. The third-order valence-corrected chi connectivity index (χ3v) is 8.81. The van der Waals surface area contributed by atoms with Gasteiger partial charge in [0.15, 0.2) is 0 Å². The zero-order valence-electron chi connectivity index (χ0n) is 21.8. The quantitative estimate of drug-likeness (QED) is 0.341. The maximum atomic E-state index is 13.5. The van der Waals surface area contributed by atoms with Crippen molar-refractivity contribution in [1.82, 2.24) is 14.8 Å². The Morgan fingerprint density at radius 2 is 1.72 bits per heavy atom. The minimum absolute atomic E-state index is 0.00289. The number of nitrogens with one attached hydrogen (secondary N) is 1. The summed E-state index contributed by atoms with van der Waals surface area (Å²) in [5.41, 5.74) is 2.08. The second-order valence-electron chi connectivity index (χ2n) is 9.70. The molecule has 0 radical (unpaired) electrons. The molecule has 1 fully saturated rings. The molecule has 0 spiro atoms. The minimum atomic E-state index is -3.31. The van der Waals surface area contributed by atoms with Gasteiger partial charge >= 0.3 is 0 Å². The molecule has 0 bridgehead atoms. The summed E-state index contributed by atoms with van der Waals surface area (Å²) in [4.78, 5) is 28.9. The molecule has 0 atom stereocenters. The van der Waals surface area contributed by atoms with Crippen LogP contribution in [0.15, 0.2) is 53.5 Å². The number of halogens is 1.